The summed E-state index contributed by atoms with van der Waals surface area (Å²) in [6, 6.07) is 8.79. The number of benzene rings is 1. The highest BCUT2D eigenvalue weighted by Gasteiger charge is 2.46. The number of likely N-dealkylation sites (tertiary alicyclic amines) is 1. The average molecular weight is 409 g/mol. The average Bonchev–Trinajstić information content (AvgIpc) is 3.03. The molecule has 8 nitrogen and oxygen atoms in total. The molecule has 0 aliphatic carbocycles. The van der Waals surface area contributed by atoms with E-state index >= 15 is 0 Å². The molecule has 8 heteroatoms. The largest absolute Gasteiger partial charge is 0.508 e. The van der Waals surface area contributed by atoms with Gasteiger partial charge in [0.05, 0.1) is 24.8 Å². The van der Waals surface area contributed by atoms with Crippen molar-refractivity contribution in [2.75, 3.05) is 39.4 Å². The molecule has 0 spiro atoms. The van der Waals surface area contributed by atoms with Crippen molar-refractivity contribution in [1.29, 1.82) is 0 Å². The zero-order chi connectivity index (χ0) is 21.1. The van der Waals surface area contributed by atoms with E-state index in [4.69, 9.17) is 4.74 Å². The van der Waals surface area contributed by atoms with E-state index in [1.165, 1.54) is 29.4 Å². The monoisotopic (exact) mass is 409 g/mol. The Morgan fingerprint density at radius 3 is 2.53 bits per heavy atom. The Bertz CT molecular complexity index is 970. The zero-order valence-electron chi connectivity index (χ0n) is 16.4. The molecule has 2 N–H and O–H groups in total. The number of aromatic hydroxyl groups is 1. The van der Waals surface area contributed by atoms with Gasteiger partial charge in [0.25, 0.3) is 11.7 Å². The van der Waals surface area contributed by atoms with E-state index in [1.54, 1.807) is 24.3 Å². The van der Waals surface area contributed by atoms with Crippen LogP contribution in [0.4, 0.5) is 0 Å². The van der Waals surface area contributed by atoms with Crippen LogP contribution in [0, 0.1) is 0 Å². The van der Waals surface area contributed by atoms with E-state index < -0.39 is 17.7 Å². The number of phenols is 1. The van der Waals surface area contributed by atoms with Gasteiger partial charge in [0.15, 0.2) is 0 Å². The molecular formula is C22H23N3O5. The highest BCUT2D eigenvalue weighted by molar-refractivity contribution is 6.46. The number of nitrogens with zero attached hydrogens (tertiary/aromatic N) is 3. The van der Waals surface area contributed by atoms with Crippen molar-refractivity contribution in [3.05, 3.63) is 65.5 Å². The highest BCUT2D eigenvalue weighted by atomic mass is 16.5. The lowest BCUT2D eigenvalue weighted by molar-refractivity contribution is -0.140. The quantitative estimate of drug-likeness (QED) is 0.439. The van der Waals surface area contributed by atoms with Crippen molar-refractivity contribution in [1.82, 2.24) is 14.8 Å². The number of aliphatic hydroxyl groups is 1. The molecule has 1 amide bonds. The number of Topliss-reactive ketones (excluding diaryl/α,β-unsaturated/α-hetero) is 1. The van der Waals surface area contributed by atoms with E-state index in [9.17, 15) is 19.8 Å². The van der Waals surface area contributed by atoms with Crippen molar-refractivity contribution in [3.8, 4) is 5.75 Å². The summed E-state index contributed by atoms with van der Waals surface area (Å²) >= 11 is 0. The second kappa shape index (κ2) is 8.64. The molecule has 1 aromatic heterocycles. The van der Waals surface area contributed by atoms with Crippen LogP contribution in [0.3, 0.4) is 0 Å². The Hall–Kier alpha value is -3.23. The predicted octanol–water partition coefficient (Wildman–Crippen LogP) is 1.54. The maximum Gasteiger partial charge on any atom is 0.295 e. The Labute approximate surface area is 174 Å². The minimum atomic E-state index is -0.786. The van der Waals surface area contributed by atoms with Crippen molar-refractivity contribution in [2.24, 2.45) is 0 Å². The summed E-state index contributed by atoms with van der Waals surface area (Å²) in [6.45, 7) is 3.70. The van der Waals surface area contributed by atoms with Crippen molar-refractivity contribution < 1.29 is 24.5 Å². The van der Waals surface area contributed by atoms with E-state index in [-0.39, 0.29) is 17.1 Å². The Balaban J connectivity index is 1.73. The third kappa shape index (κ3) is 3.92. The lowest BCUT2D eigenvalue weighted by Crippen LogP contribution is -2.42. The Morgan fingerprint density at radius 1 is 1.10 bits per heavy atom. The van der Waals surface area contributed by atoms with Gasteiger partial charge in [-0.1, -0.05) is 12.1 Å². The molecule has 2 fully saturated rings. The number of rotatable bonds is 5. The highest BCUT2D eigenvalue weighted by Crippen LogP contribution is 2.39. The van der Waals surface area contributed by atoms with Crippen LogP contribution in [-0.4, -0.2) is 76.1 Å². The number of phenolic OH excluding ortho intramolecular Hbond substituents is 1. The first-order valence-corrected chi connectivity index (χ1v) is 9.84. The molecule has 2 aromatic rings. The summed E-state index contributed by atoms with van der Waals surface area (Å²) in [4.78, 5) is 33.4. The first-order valence-electron chi connectivity index (χ1n) is 9.84. The standard InChI is InChI=1S/C22H23N3O5/c26-17-3-1-2-16(14-17)19-18(20(27)15-4-6-23-7-5-15)21(28)22(29)25(19)9-8-24-10-12-30-13-11-24/h1-7,14,19,26-27H,8-13H2/b20-18+. The van der Waals surface area contributed by atoms with Crippen LogP contribution in [0.1, 0.15) is 17.2 Å². The topological polar surface area (TPSA) is 103 Å². The number of aliphatic hydroxyl groups excluding tert-OH is 1. The number of amides is 1. The van der Waals surface area contributed by atoms with Crippen molar-refractivity contribution in [3.63, 3.8) is 0 Å². The molecule has 3 heterocycles. The summed E-state index contributed by atoms with van der Waals surface area (Å²) in [5, 5.41) is 20.9. The van der Waals surface area contributed by atoms with Gasteiger partial charge in [-0.25, -0.2) is 0 Å². The fourth-order valence-corrected chi connectivity index (χ4v) is 3.89. The van der Waals surface area contributed by atoms with E-state index in [1.807, 2.05) is 0 Å². The van der Waals surface area contributed by atoms with Crippen LogP contribution in [-0.2, 0) is 14.3 Å². The summed E-state index contributed by atoms with van der Waals surface area (Å²) in [5.41, 5.74) is 0.979. The maximum absolute atomic E-state index is 12.9. The summed E-state index contributed by atoms with van der Waals surface area (Å²) in [6.07, 6.45) is 3.01. The van der Waals surface area contributed by atoms with Crippen LogP contribution in [0.5, 0.6) is 5.75 Å². The Kier molecular flexibility index (Phi) is 5.78. The Morgan fingerprint density at radius 2 is 1.83 bits per heavy atom. The van der Waals surface area contributed by atoms with Crippen LogP contribution in [0.25, 0.3) is 5.76 Å². The van der Waals surface area contributed by atoms with Gasteiger partial charge in [-0.2, -0.15) is 0 Å². The van der Waals surface area contributed by atoms with Crippen molar-refractivity contribution >= 4 is 17.4 Å². The molecule has 2 saturated heterocycles. The fourth-order valence-electron chi connectivity index (χ4n) is 3.89. The van der Waals surface area contributed by atoms with Crippen LogP contribution < -0.4 is 0 Å². The predicted molar refractivity (Wildman–Crippen MR) is 109 cm³/mol. The molecule has 2 aliphatic rings. The number of hydrogen-bond donors (Lipinski definition) is 2. The smallest absolute Gasteiger partial charge is 0.295 e. The number of ketones is 1. The fraction of sp³-hybridized carbons (Fsp3) is 0.318. The molecule has 1 atom stereocenters. The van der Waals surface area contributed by atoms with Gasteiger partial charge < -0.3 is 19.8 Å². The number of hydrogen-bond acceptors (Lipinski definition) is 7. The number of morpholine rings is 1. The SMILES string of the molecule is O=C1C(=O)N(CCN2CCOCC2)C(c2cccc(O)c2)/C1=C(\O)c1ccncc1. The van der Waals surface area contributed by atoms with Gasteiger partial charge in [-0.05, 0) is 29.8 Å². The summed E-state index contributed by atoms with van der Waals surface area (Å²) in [5.74, 6) is -1.63. The van der Waals surface area contributed by atoms with Gasteiger partial charge in [0.2, 0.25) is 0 Å². The number of carbonyl (C=O) groups is 2. The second-order valence-electron chi connectivity index (χ2n) is 7.28. The molecule has 0 saturated carbocycles. The van der Waals surface area contributed by atoms with Gasteiger partial charge in [0, 0.05) is 44.1 Å². The maximum atomic E-state index is 12.9. The minimum Gasteiger partial charge on any atom is -0.508 e. The molecule has 2 aliphatic heterocycles. The molecule has 1 unspecified atom stereocenters. The third-order valence-electron chi connectivity index (χ3n) is 5.44. The number of pyridine rings is 1. The molecule has 1 aromatic carbocycles. The van der Waals surface area contributed by atoms with Crippen LogP contribution in [0.15, 0.2) is 54.4 Å². The first kappa shape index (κ1) is 20.1. The zero-order valence-corrected chi connectivity index (χ0v) is 16.4. The van der Waals surface area contributed by atoms with Gasteiger partial charge in [0.1, 0.15) is 11.5 Å². The summed E-state index contributed by atoms with van der Waals surface area (Å²) < 4.78 is 5.36. The molecule has 0 radical (unpaired) electrons. The minimum absolute atomic E-state index is 0.0128. The van der Waals surface area contributed by atoms with E-state index in [0.29, 0.717) is 37.4 Å². The number of carbonyl (C=O) groups excluding carboxylic acids is 2. The van der Waals surface area contributed by atoms with E-state index in [2.05, 4.69) is 9.88 Å². The lowest BCUT2D eigenvalue weighted by Gasteiger charge is -2.31. The lowest BCUT2D eigenvalue weighted by atomic mass is 9.95. The van der Waals surface area contributed by atoms with Crippen LogP contribution >= 0.6 is 0 Å². The first-order chi connectivity index (χ1) is 14.6. The normalized spacial score (nSPS) is 21.9. The van der Waals surface area contributed by atoms with Gasteiger partial charge in [-0.15, -0.1) is 0 Å². The number of aromatic nitrogens is 1. The van der Waals surface area contributed by atoms with Gasteiger partial charge in [-0.3, -0.25) is 19.5 Å². The molecule has 30 heavy (non-hydrogen) atoms. The summed E-state index contributed by atoms with van der Waals surface area (Å²) in [7, 11) is 0. The molecular weight excluding hydrogens is 386 g/mol. The third-order valence-corrected chi connectivity index (χ3v) is 5.44. The van der Waals surface area contributed by atoms with Crippen molar-refractivity contribution in [2.45, 2.75) is 6.04 Å². The molecule has 0 bridgehead atoms. The van der Waals surface area contributed by atoms with E-state index in [0.717, 1.165) is 13.1 Å². The number of ether oxygens (including phenoxy) is 1. The molecule has 4 rings (SSSR count). The second-order valence-corrected chi connectivity index (χ2v) is 7.28. The molecule has 156 valence electrons. The van der Waals surface area contributed by atoms with Gasteiger partial charge >= 0.3 is 0 Å². The van der Waals surface area contributed by atoms with Crippen LogP contribution in [0.2, 0.25) is 0 Å².